The lowest BCUT2D eigenvalue weighted by atomic mass is 9.95. The standard InChI is InChI=1S/C40H55N3O7/c1-26(27-14-15-32(41-24-27)28-19-34(44-3)39(48-7)35(20-28)45-4)13-9-11-17-50-18-12-10-16-43(2)38-30-23-33(42-25-31(30)38)29-21-36(46-5)40(49-8)37(22-29)47-6/h14-15,19-21,23-26,30-31,37-38H,9-13,16-18,22H2,1-8H3. The summed E-state index contributed by atoms with van der Waals surface area (Å²) in [6, 6.07) is 8.59. The summed E-state index contributed by atoms with van der Waals surface area (Å²) in [7, 11) is 12.1. The summed E-state index contributed by atoms with van der Waals surface area (Å²) in [6.45, 7) is 4.95. The van der Waals surface area contributed by atoms with Crippen molar-refractivity contribution in [3.63, 3.8) is 0 Å². The van der Waals surface area contributed by atoms with Crippen LogP contribution >= 0.6 is 0 Å². The zero-order chi connectivity index (χ0) is 35.6. The van der Waals surface area contributed by atoms with E-state index in [1.807, 2.05) is 24.4 Å². The van der Waals surface area contributed by atoms with Crippen LogP contribution in [0.5, 0.6) is 17.2 Å². The van der Waals surface area contributed by atoms with Gasteiger partial charge >= 0.3 is 0 Å². The van der Waals surface area contributed by atoms with Gasteiger partial charge in [0.1, 0.15) is 6.10 Å². The first-order valence-electron chi connectivity index (χ1n) is 17.7. The molecule has 5 unspecified atom stereocenters. The molecule has 1 saturated carbocycles. The van der Waals surface area contributed by atoms with Crippen LogP contribution < -0.4 is 14.2 Å². The topological polar surface area (TPSA) is 93.1 Å². The van der Waals surface area contributed by atoms with Gasteiger partial charge in [-0.05, 0) is 80.6 Å². The molecule has 2 heterocycles. The van der Waals surface area contributed by atoms with Gasteiger partial charge in [0.2, 0.25) is 5.75 Å². The van der Waals surface area contributed by atoms with Gasteiger partial charge in [0.15, 0.2) is 23.0 Å². The van der Waals surface area contributed by atoms with Crippen LogP contribution in [0.3, 0.4) is 0 Å². The molecular formula is C40H55N3O7. The molecular weight excluding hydrogens is 634 g/mol. The van der Waals surface area contributed by atoms with E-state index in [-0.39, 0.29) is 6.10 Å². The van der Waals surface area contributed by atoms with Gasteiger partial charge < -0.3 is 38.1 Å². The molecule has 0 radical (unpaired) electrons. The lowest BCUT2D eigenvalue weighted by Crippen LogP contribution is -2.24. The van der Waals surface area contributed by atoms with E-state index >= 15 is 0 Å². The average molecular weight is 690 g/mol. The van der Waals surface area contributed by atoms with Gasteiger partial charge in [-0.15, -0.1) is 0 Å². The molecule has 1 aromatic carbocycles. The maximum absolute atomic E-state index is 6.00. The third-order valence-corrected chi connectivity index (χ3v) is 10.2. The monoisotopic (exact) mass is 689 g/mol. The Bertz CT molecular complexity index is 1530. The summed E-state index contributed by atoms with van der Waals surface area (Å²) in [5.74, 6) is 4.66. The Morgan fingerprint density at radius 3 is 2.22 bits per heavy atom. The normalized spacial score (nSPS) is 21.7. The number of ether oxygens (including phenoxy) is 7. The number of rotatable bonds is 20. The molecule has 1 aliphatic heterocycles. The molecule has 50 heavy (non-hydrogen) atoms. The van der Waals surface area contributed by atoms with E-state index in [2.05, 4.69) is 43.3 Å². The fourth-order valence-electron chi connectivity index (χ4n) is 7.14. The van der Waals surface area contributed by atoms with Gasteiger partial charge in [-0.3, -0.25) is 9.98 Å². The van der Waals surface area contributed by atoms with Crippen LogP contribution in [0.25, 0.3) is 11.3 Å². The van der Waals surface area contributed by atoms with E-state index in [4.69, 9.17) is 43.1 Å². The SMILES string of the molecule is COC1=C(OC)C(OC)CC(C2=CC3C(C=N2)C3N(C)CCCCOCCCCC(C)c2ccc(-c3cc(OC)c(OC)c(OC)c3)nc2)=C1. The van der Waals surface area contributed by atoms with Crippen molar-refractivity contribution in [3.05, 3.63) is 71.0 Å². The third kappa shape index (κ3) is 8.71. The van der Waals surface area contributed by atoms with Gasteiger partial charge in [0, 0.05) is 62.6 Å². The van der Waals surface area contributed by atoms with Crippen molar-refractivity contribution < 1.29 is 33.2 Å². The molecule has 2 aliphatic carbocycles. The van der Waals surface area contributed by atoms with Crippen LogP contribution in [0, 0.1) is 11.8 Å². The lowest BCUT2D eigenvalue weighted by molar-refractivity contribution is 0.0656. The first-order chi connectivity index (χ1) is 24.4. The number of benzene rings is 1. The summed E-state index contributed by atoms with van der Waals surface area (Å²) in [5.41, 5.74) is 5.18. The number of fused-ring (bicyclic) bond motifs is 1. The van der Waals surface area contributed by atoms with E-state index in [9.17, 15) is 0 Å². The van der Waals surface area contributed by atoms with Crippen LogP contribution in [0.15, 0.2) is 70.4 Å². The van der Waals surface area contributed by atoms with Crippen molar-refractivity contribution in [2.45, 2.75) is 63.5 Å². The minimum Gasteiger partial charge on any atom is -0.494 e. The highest BCUT2D eigenvalue weighted by molar-refractivity contribution is 5.73. The van der Waals surface area contributed by atoms with Crippen LogP contribution in [0.1, 0.15) is 56.9 Å². The van der Waals surface area contributed by atoms with Gasteiger partial charge in [-0.2, -0.15) is 0 Å². The first kappa shape index (κ1) is 37.4. The highest BCUT2D eigenvalue weighted by Crippen LogP contribution is 2.47. The maximum Gasteiger partial charge on any atom is 0.203 e. The van der Waals surface area contributed by atoms with Crippen molar-refractivity contribution in [1.82, 2.24) is 9.88 Å². The van der Waals surface area contributed by atoms with Gasteiger partial charge in [0.05, 0.1) is 46.9 Å². The molecule has 0 amide bonds. The number of unbranched alkanes of at least 4 members (excludes halogenated alkanes) is 2. The van der Waals surface area contributed by atoms with Crippen molar-refractivity contribution in [2.75, 3.05) is 69.5 Å². The Hall–Kier alpha value is -3.86. The Balaban J connectivity index is 0.965. The summed E-state index contributed by atoms with van der Waals surface area (Å²) in [4.78, 5) is 12.1. The molecule has 0 saturated heterocycles. The van der Waals surface area contributed by atoms with E-state index in [1.165, 1.54) is 5.56 Å². The van der Waals surface area contributed by atoms with Crippen molar-refractivity contribution in [1.29, 1.82) is 0 Å². The van der Waals surface area contributed by atoms with Crippen LogP contribution in [-0.2, 0) is 18.9 Å². The number of pyridine rings is 1. The molecule has 1 fully saturated rings. The summed E-state index contributed by atoms with van der Waals surface area (Å²) in [5, 5.41) is 0. The Morgan fingerprint density at radius 2 is 1.60 bits per heavy atom. The maximum atomic E-state index is 6.00. The quantitative estimate of drug-likeness (QED) is 0.134. The van der Waals surface area contributed by atoms with E-state index in [0.717, 1.165) is 86.6 Å². The predicted octanol–water partition coefficient (Wildman–Crippen LogP) is 7.21. The zero-order valence-corrected chi connectivity index (χ0v) is 31.1. The molecule has 0 bridgehead atoms. The van der Waals surface area contributed by atoms with Gasteiger partial charge in [-0.1, -0.05) is 25.5 Å². The van der Waals surface area contributed by atoms with Crippen molar-refractivity contribution in [3.8, 4) is 28.5 Å². The molecule has 2 aromatic rings. The molecule has 0 spiro atoms. The Labute approximate surface area is 298 Å². The molecule has 10 heteroatoms. The van der Waals surface area contributed by atoms with Crippen LogP contribution in [-0.4, -0.2) is 97.7 Å². The fourth-order valence-corrected chi connectivity index (χ4v) is 7.14. The van der Waals surface area contributed by atoms with Gasteiger partial charge in [-0.25, -0.2) is 0 Å². The fraction of sp³-hybridized carbons (Fsp3) is 0.550. The summed E-state index contributed by atoms with van der Waals surface area (Å²) in [6.07, 6.45) is 14.5. The molecule has 272 valence electrons. The predicted molar refractivity (Wildman–Crippen MR) is 196 cm³/mol. The number of allylic oxidation sites excluding steroid dienone is 2. The smallest absolute Gasteiger partial charge is 0.203 e. The van der Waals surface area contributed by atoms with E-state index < -0.39 is 0 Å². The number of aliphatic imine (C=N–C) groups is 1. The number of hydrogen-bond acceptors (Lipinski definition) is 10. The van der Waals surface area contributed by atoms with E-state index in [1.54, 1.807) is 42.7 Å². The molecule has 10 nitrogen and oxygen atoms in total. The van der Waals surface area contributed by atoms with Crippen molar-refractivity contribution >= 4 is 6.21 Å². The lowest BCUT2D eigenvalue weighted by Gasteiger charge is -2.26. The second-order valence-corrected chi connectivity index (χ2v) is 13.3. The Morgan fingerprint density at radius 1 is 0.860 bits per heavy atom. The van der Waals surface area contributed by atoms with E-state index in [0.29, 0.717) is 46.8 Å². The number of hydrogen-bond donors (Lipinski definition) is 0. The van der Waals surface area contributed by atoms with Gasteiger partial charge in [0.25, 0.3) is 0 Å². The molecule has 5 atom stereocenters. The summed E-state index contributed by atoms with van der Waals surface area (Å²) >= 11 is 0. The average Bonchev–Trinajstić information content (AvgIpc) is 3.89. The first-order valence-corrected chi connectivity index (χ1v) is 17.7. The molecule has 3 aliphatic rings. The highest BCUT2D eigenvalue weighted by Gasteiger charge is 2.51. The molecule has 0 N–H and O–H groups in total. The molecule has 1 aromatic heterocycles. The number of aromatic nitrogens is 1. The number of nitrogens with zero attached hydrogens (tertiary/aromatic N) is 3. The number of methoxy groups -OCH3 is 6. The minimum atomic E-state index is -0.170. The second-order valence-electron chi connectivity index (χ2n) is 13.3. The van der Waals surface area contributed by atoms with Crippen LogP contribution in [0.4, 0.5) is 0 Å². The Kier molecular flexibility index (Phi) is 13.4. The molecule has 5 rings (SSSR count). The second kappa shape index (κ2) is 17.9. The van der Waals surface area contributed by atoms with Crippen LogP contribution in [0.2, 0.25) is 0 Å². The van der Waals surface area contributed by atoms with Crippen molar-refractivity contribution in [2.24, 2.45) is 16.8 Å². The zero-order valence-electron chi connectivity index (χ0n) is 31.1. The largest absolute Gasteiger partial charge is 0.494 e. The summed E-state index contributed by atoms with van der Waals surface area (Å²) < 4.78 is 39.3. The minimum absolute atomic E-state index is 0.170. The highest BCUT2D eigenvalue weighted by atomic mass is 16.5. The third-order valence-electron chi connectivity index (χ3n) is 10.2.